The highest BCUT2D eigenvalue weighted by atomic mass is 35.5. The van der Waals surface area contributed by atoms with E-state index in [-0.39, 0.29) is 27.4 Å². The van der Waals surface area contributed by atoms with Gasteiger partial charge in [-0.25, -0.2) is 22.2 Å². The van der Waals surface area contributed by atoms with Crippen LogP contribution in [0.3, 0.4) is 0 Å². The molecule has 2 heterocycles. The van der Waals surface area contributed by atoms with Crippen LogP contribution in [0.2, 0.25) is 5.02 Å². The van der Waals surface area contributed by atoms with Crippen molar-refractivity contribution in [3.8, 4) is 0 Å². The van der Waals surface area contributed by atoms with Crippen LogP contribution >= 0.6 is 11.6 Å². The summed E-state index contributed by atoms with van der Waals surface area (Å²) in [6.45, 7) is 0. The van der Waals surface area contributed by atoms with Crippen molar-refractivity contribution < 1.29 is 12.8 Å². The molecule has 1 aliphatic heterocycles. The fourth-order valence-corrected chi connectivity index (χ4v) is 4.83. The lowest BCUT2D eigenvalue weighted by Crippen LogP contribution is -2.21. The van der Waals surface area contributed by atoms with Crippen molar-refractivity contribution in [1.82, 2.24) is 14.8 Å². The smallest absolute Gasteiger partial charge is 0.264 e. The van der Waals surface area contributed by atoms with Gasteiger partial charge in [-0.1, -0.05) is 66.2 Å². The second kappa shape index (κ2) is 8.34. The van der Waals surface area contributed by atoms with Gasteiger partial charge >= 0.3 is 0 Å². The summed E-state index contributed by atoms with van der Waals surface area (Å²) in [6, 6.07) is 21.0. The van der Waals surface area contributed by atoms with Crippen molar-refractivity contribution in [2.45, 2.75) is 10.9 Å². The average molecular weight is 482 g/mol. The third-order valence-electron chi connectivity index (χ3n) is 5.13. The number of allylic oxidation sites excluding steroid dienone is 1. The van der Waals surface area contributed by atoms with E-state index in [1.54, 1.807) is 30.3 Å². The van der Waals surface area contributed by atoms with Crippen LogP contribution in [0.5, 0.6) is 0 Å². The number of fused-ring (bicyclic) bond motifs is 1. The van der Waals surface area contributed by atoms with Crippen LogP contribution in [0.4, 0.5) is 16.3 Å². The van der Waals surface area contributed by atoms with E-state index in [0.29, 0.717) is 5.70 Å². The van der Waals surface area contributed by atoms with Crippen molar-refractivity contribution in [2.24, 2.45) is 0 Å². The Morgan fingerprint density at radius 2 is 1.67 bits per heavy atom. The molecule has 0 amide bonds. The van der Waals surface area contributed by atoms with Gasteiger partial charge in [-0.15, -0.1) is 5.10 Å². The molecule has 0 bridgehead atoms. The molecule has 166 valence electrons. The van der Waals surface area contributed by atoms with Gasteiger partial charge in [0.05, 0.1) is 4.90 Å². The highest BCUT2D eigenvalue weighted by molar-refractivity contribution is 7.92. The van der Waals surface area contributed by atoms with Crippen LogP contribution in [0.25, 0.3) is 5.70 Å². The molecule has 33 heavy (non-hydrogen) atoms. The van der Waals surface area contributed by atoms with E-state index in [1.165, 1.54) is 28.9 Å². The Hall–Kier alpha value is -3.69. The summed E-state index contributed by atoms with van der Waals surface area (Å²) in [5, 5.41) is 7.68. The molecule has 7 nitrogen and oxygen atoms in total. The van der Waals surface area contributed by atoms with Gasteiger partial charge in [0.2, 0.25) is 5.95 Å². The molecule has 0 spiro atoms. The lowest BCUT2D eigenvalue weighted by atomic mass is 10.0. The molecule has 0 saturated heterocycles. The van der Waals surface area contributed by atoms with Crippen LogP contribution in [0.1, 0.15) is 17.2 Å². The zero-order chi connectivity index (χ0) is 23.0. The van der Waals surface area contributed by atoms with E-state index in [4.69, 9.17) is 11.6 Å². The summed E-state index contributed by atoms with van der Waals surface area (Å²) >= 11 is 6.35. The molecular weight excluding hydrogens is 465 g/mol. The molecule has 3 aromatic carbocycles. The fraction of sp³-hybridized carbons (Fsp3) is 0.0435. The van der Waals surface area contributed by atoms with Crippen LogP contribution in [0.15, 0.2) is 89.8 Å². The molecule has 1 aromatic heterocycles. The van der Waals surface area contributed by atoms with Gasteiger partial charge in [0.25, 0.3) is 16.0 Å². The summed E-state index contributed by atoms with van der Waals surface area (Å²) < 4.78 is 44.1. The molecule has 5 rings (SSSR count). The Morgan fingerprint density at radius 3 is 2.36 bits per heavy atom. The summed E-state index contributed by atoms with van der Waals surface area (Å²) in [7, 11) is -3.91. The molecule has 0 fully saturated rings. The highest BCUT2D eigenvalue weighted by Gasteiger charge is 2.29. The van der Waals surface area contributed by atoms with Crippen molar-refractivity contribution in [3.05, 3.63) is 107 Å². The minimum Gasteiger partial charge on any atom is -0.324 e. The minimum absolute atomic E-state index is 0.0718. The number of rotatable bonds is 5. The van der Waals surface area contributed by atoms with Crippen LogP contribution in [0, 0.1) is 5.82 Å². The SMILES string of the molecule is O=S(=O)(Nc1nc2n(n1)[C@H](c1c(F)cccc1Cl)C=C(c1ccccc1)N2)c1ccccc1. The number of halogens is 2. The average Bonchev–Trinajstić information content (AvgIpc) is 3.22. The van der Waals surface area contributed by atoms with Crippen molar-refractivity contribution in [3.63, 3.8) is 0 Å². The molecule has 0 aliphatic carbocycles. The number of nitrogens with zero attached hydrogens (tertiary/aromatic N) is 3. The lowest BCUT2D eigenvalue weighted by Gasteiger charge is -2.25. The zero-order valence-corrected chi connectivity index (χ0v) is 18.6. The molecule has 10 heteroatoms. The number of hydrogen-bond acceptors (Lipinski definition) is 5. The van der Waals surface area contributed by atoms with Crippen LogP contribution < -0.4 is 10.0 Å². The number of nitrogens with one attached hydrogen (secondary N) is 2. The standard InChI is InChI=1S/C23H17ClFN5O2S/c24-17-12-7-13-18(25)21(17)20-14-19(15-8-3-1-4-9-15)26-23-27-22(28-30(20)23)29-33(31,32)16-10-5-2-6-11-16/h1-14,20H,(H2,26,27,28,29)/t20-/m0/s1. The number of sulfonamides is 1. The molecule has 2 N–H and O–H groups in total. The van der Waals surface area contributed by atoms with Crippen molar-refractivity contribution in [1.29, 1.82) is 0 Å². The maximum absolute atomic E-state index is 14.9. The van der Waals surface area contributed by atoms with Crippen molar-refractivity contribution in [2.75, 3.05) is 10.0 Å². The van der Waals surface area contributed by atoms with E-state index in [0.717, 1.165) is 5.56 Å². The van der Waals surface area contributed by atoms with Gasteiger partial charge in [-0.3, -0.25) is 0 Å². The van der Waals surface area contributed by atoms with Gasteiger partial charge < -0.3 is 5.32 Å². The molecule has 1 atom stereocenters. The Kier molecular flexibility index (Phi) is 5.35. The van der Waals surface area contributed by atoms with Crippen LogP contribution in [-0.4, -0.2) is 23.2 Å². The quantitative estimate of drug-likeness (QED) is 0.422. The lowest BCUT2D eigenvalue weighted by molar-refractivity contribution is 0.552. The van der Waals surface area contributed by atoms with E-state index in [9.17, 15) is 12.8 Å². The van der Waals surface area contributed by atoms with Gasteiger partial charge in [0.15, 0.2) is 0 Å². The first kappa shape index (κ1) is 21.2. The topological polar surface area (TPSA) is 88.9 Å². The molecule has 4 aromatic rings. The Labute approximate surface area is 194 Å². The van der Waals surface area contributed by atoms with Crippen LogP contribution in [-0.2, 0) is 10.0 Å². The minimum atomic E-state index is -3.91. The summed E-state index contributed by atoms with van der Waals surface area (Å²) in [5.41, 5.74) is 1.71. The molecule has 0 saturated carbocycles. The summed E-state index contributed by atoms with van der Waals surface area (Å²) in [5.74, 6) is -0.418. The Morgan fingerprint density at radius 1 is 0.970 bits per heavy atom. The predicted molar refractivity (Wildman–Crippen MR) is 125 cm³/mol. The van der Waals surface area contributed by atoms with Gasteiger partial charge in [0.1, 0.15) is 11.9 Å². The normalized spacial score (nSPS) is 15.3. The third kappa shape index (κ3) is 4.08. The summed E-state index contributed by atoms with van der Waals surface area (Å²) in [4.78, 5) is 4.39. The number of benzene rings is 3. The second-order valence-electron chi connectivity index (χ2n) is 7.27. The van der Waals surface area contributed by atoms with Gasteiger partial charge in [-0.05, 0) is 35.9 Å². The van der Waals surface area contributed by atoms with E-state index in [1.807, 2.05) is 30.3 Å². The maximum Gasteiger partial charge on any atom is 0.264 e. The first-order valence-electron chi connectivity index (χ1n) is 9.95. The Bertz CT molecular complexity index is 1440. The highest BCUT2D eigenvalue weighted by Crippen LogP contribution is 2.37. The monoisotopic (exact) mass is 481 g/mol. The van der Waals surface area contributed by atoms with Gasteiger partial charge in [-0.2, -0.15) is 4.98 Å². The molecule has 0 unspecified atom stereocenters. The fourth-order valence-electron chi connectivity index (χ4n) is 3.60. The van der Waals surface area contributed by atoms with Crippen molar-refractivity contribution >= 4 is 39.2 Å². The molecule has 0 radical (unpaired) electrons. The number of aromatic nitrogens is 3. The van der Waals surface area contributed by atoms with E-state index >= 15 is 0 Å². The maximum atomic E-state index is 14.9. The number of hydrogen-bond donors (Lipinski definition) is 2. The van der Waals surface area contributed by atoms with E-state index in [2.05, 4.69) is 20.1 Å². The zero-order valence-electron chi connectivity index (χ0n) is 17.0. The number of anilines is 2. The third-order valence-corrected chi connectivity index (χ3v) is 6.80. The largest absolute Gasteiger partial charge is 0.324 e. The first-order chi connectivity index (χ1) is 15.9. The molecule has 1 aliphatic rings. The van der Waals surface area contributed by atoms with E-state index < -0.39 is 21.9 Å². The predicted octanol–water partition coefficient (Wildman–Crippen LogP) is 4.93. The Balaban J connectivity index is 1.59. The first-order valence-corrected chi connectivity index (χ1v) is 11.8. The summed E-state index contributed by atoms with van der Waals surface area (Å²) in [6.07, 6.45) is 1.77. The van der Waals surface area contributed by atoms with Gasteiger partial charge in [0, 0.05) is 16.3 Å². The molecular formula is C23H17ClFN5O2S. The second-order valence-corrected chi connectivity index (χ2v) is 9.36.